The zero-order valence-corrected chi connectivity index (χ0v) is 21.5. The Morgan fingerprint density at radius 1 is 0.973 bits per heavy atom. The molecule has 2 aromatic heterocycles. The molecule has 0 atom stereocenters. The topological polar surface area (TPSA) is 81.3 Å². The molecule has 1 N–H and O–H groups in total. The van der Waals surface area contributed by atoms with Crippen LogP contribution in [0.3, 0.4) is 0 Å². The summed E-state index contributed by atoms with van der Waals surface area (Å²) in [6.45, 7) is 4.74. The van der Waals surface area contributed by atoms with Crippen LogP contribution >= 0.6 is 0 Å². The second-order valence-corrected chi connectivity index (χ2v) is 8.69. The van der Waals surface area contributed by atoms with Gasteiger partial charge in [0, 0.05) is 35.6 Å². The van der Waals surface area contributed by atoms with Gasteiger partial charge in [-0.1, -0.05) is 13.8 Å². The number of hydrogen-bond acceptors (Lipinski definition) is 6. The van der Waals surface area contributed by atoms with E-state index in [2.05, 4.69) is 25.2 Å². The van der Waals surface area contributed by atoms with Crippen molar-refractivity contribution in [2.75, 3.05) is 21.3 Å². The Labute approximate surface area is 216 Å². The molecule has 0 saturated heterocycles. The quantitative estimate of drug-likeness (QED) is 0.316. The van der Waals surface area contributed by atoms with Gasteiger partial charge in [-0.3, -0.25) is 0 Å². The average Bonchev–Trinajstić information content (AvgIpc) is 3.39. The average molecular weight is 501 g/mol. The minimum atomic E-state index is -0.338. The number of halogens is 1. The lowest BCUT2D eigenvalue weighted by Crippen LogP contribution is -2.23. The van der Waals surface area contributed by atoms with Crippen molar-refractivity contribution in [3.05, 3.63) is 77.9 Å². The third-order valence-corrected chi connectivity index (χ3v) is 5.98. The zero-order valence-electron chi connectivity index (χ0n) is 21.5. The van der Waals surface area contributed by atoms with E-state index in [1.54, 1.807) is 38.5 Å². The SMILES string of the molecule is COc1cc(-c2cc(-c3ccc(F)cc3)nc(-n3cccc3CNC(C)C)c2C#N)cc(OC)c1OC. The molecule has 4 aromatic rings. The van der Waals surface area contributed by atoms with Crippen LogP contribution in [0.25, 0.3) is 28.2 Å². The molecule has 37 heavy (non-hydrogen) atoms. The molecule has 0 saturated carbocycles. The summed E-state index contributed by atoms with van der Waals surface area (Å²) in [7, 11) is 4.63. The molecule has 7 nitrogen and oxygen atoms in total. The van der Waals surface area contributed by atoms with Gasteiger partial charge in [-0.15, -0.1) is 0 Å². The lowest BCUT2D eigenvalue weighted by Gasteiger charge is -2.18. The largest absolute Gasteiger partial charge is 0.493 e. The second-order valence-electron chi connectivity index (χ2n) is 8.69. The van der Waals surface area contributed by atoms with Crippen LogP contribution < -0.4 is 19.5 Å². The maximum atomic E-state index is 13.7. The molecule has 0 bridgehead atoms. The summed E-state index contributed by atoms with van der Waals surface area (Å²) in [5, 5.41) is 13.8. The minimum Gasteiger partial charge on any atom is -0.493 e. The van der Waals surface area contributed by atoms with Crippen molar-refractivity contribution in [1.29, 1.82) is 5.26 Å². The highest BCUT2D eigenvalue weighted by Crippen LogP contribution is 2.43. The predicted octanol–water partition coefficient (Wildman–Crippen LogP) is 5.74. The lowest BCUT2D eigenvalue weighted by atomic mass is 9.97. The van der Waals surface area contributed by atoms with E-state index < -0.39 is 0 Å². The van der Waals surface area contributed by atoms with Gasteiger partial charge in [0.25, 0.3) is 0 Å². The Bertz CT molecular complexity index is 1410. The maximum absolute atomic E-state index is 13.7. The standard InChI is InChI=1S/C29H29FN4O3/c1-18(2)32-17-22-7-6-12-34(22)29-24(16-31)23(15-25(33-29)19-8-10-21(30)11-9-19)20-13-26(35-3)28(37-5)27(14-20)36-4/h6-15,18,32H,17H2,1-5H3. The number of hydrogen-bond donors (Lipinski definition) is 1. The summed E-state index contributed by atoms with van der Waals surface area (Å²) in [5.74, 6) is 1.51. The minimum absolute atomic E-state index is 0.284. The normalized spacial score (nSPS) is 10.9. The number of pyridine rings is 1. The smallest absolute Gasteiger partial charge is 0.203 e. The van der Waals surface area contributed by atoms with Crippen molar-refractivity contribution in [3.8, 4) is 51.5 Å². The van der Waals surface area contributed by atoms with Crippen LogP contribution in [0, 0.1) is 17.1 Å². The van der Waals surface area contributed by atoms with Gasteiger partial charge in [0.2, 0.25) is 5.75 Å². The van der Waals surface area contributed by atoms with Gasteiger partial charge >= 0.3 is 0 Å². The van der Waals surface area contributed by atoms with Gasteiger partial charge in [-0.05, 0) is 60.2 Å². The van der Waals surface area contributed by atoms with Gasteiger partial charge < -0.3 is 24.1 Å². The summed E-state index contributed by atoms with van der Waals surface area (Å²) in [6.07, 6.45) is 1.88. The third kappa shape index (κ3) is 5.27. The molecule has 0 aliphatic rings. The van der Waals surface area contributed by atoms with Crippen LogP contribution in [-0.4, -0.2) is 36.9 Å². The summed E-state index contributed by atoms with van der Waals surface area (Å²) >= 11 is 0. The van der Waals surface area contributed by atoms with Crippen molar-refractivity contribution < 1.29 is 18.6 Å². The number of benzene rings is 2. The van der Waals surface area contributed by atoms with E-state index >= 15 is 0 Å². The van der Waals surface area contributed by atoms with E-state index in [-0.39, 0.29) is 11.9 Å². The van der Waals surface area contributed by atoms with Gasteiger partial charge in [0.05, 0.1) is 27.0 Å². The molecule has 4 rings (SSSR count). The van der Waals surface area contributed by atoms with Crippen molar-refractivity contribution in [1.82, 2.24) is 14.9 Å². The summed E-state index contributed by atoms with van der Waals surface area (Å²) in [6, 6.07) is 18.1. The molecular formula is C29H29FN4O3. The molecule has 190 valence electrons. The fourth-order valence-electron chi connectivity index (χ4n) is 4.12. The number of nitrogens with zero attached hydrogens (tertiary/aromatic N) is 3. The molecule has 0 aliphatic carbocycles. The first-order valence-electron chi connectivity index (χ1n) is 11.8. The molecule has 0 fully saturated rings. The van der Waals surface area contributed by atoms with Crippen LogP contribution in [0.15, 0.2) is 60.8 Å². The predicted molar refractivity (Wildman–Crippen MR) is 141 cm³/mol. The Kier molecular flexibility index (Phi) is 7.75. The first kappa shape index (κ1) is 25.7. The van der Waals surface area contributed by atoms with E-state index in [1.165, 1.54) is 19.2 Å². The van der Waals surface area contributed by atoms with Crippen LogP contribution in [0.2, 0.25) is 0 Å². The number of aromatic nitrogens is 2. The molecule has 0 unspecified atom stereocenters. The van der Waals surface area contributed by atoms with E-state index in [9.17, 15) is 9.65 Å². The van der Waals surface area contributed by atoms with Crippen molar-refractivity contribution in [2.45, 2.75) is 26.4 Å². The number of rotatable bonds is 9. The highest BCUT2D eigenvalue weighted by molar-refractivity contribution is 5.81. The zero-order chi connectivity index (χ0) is 26.5. The van der Waals surface area contributed by atoms with Gasteiger partial charge in [0.15, 0.2) is 17.3 Å². The van der Waals surface area contributed by atoms with Gasteiger partial charge in [-0.2, -0.15) is 5.26 Å². The molecule has 2 aromatic carbocycles. The fraction of sp³-hybridized carbons (Fsp3) is 0.241. The highest BCUT2D eigenvalue weighted by Gasteiger charge is 2.21. The molecule has 0 spiro atoms. The van der Waals surface area contributed by atoms with Crippen molar-refractivity contribution in [3.63, 3.8) is 0 Å². The third-order valence-electron chi connectivity index (χ3n) is 5.98. The Hall–Kier alpha value is -4.35. The Balaban J connectivity index is 2.01. The van der Waals surface area contributed by atoms with Crippen molar-refractivity contribution >= 4 is 0 Å². The van der Waals surface area contributed by atoms with E-state index in [4.69, 9.17) is 19.2 Å². The Morgan fingerprint density at radius 3 is 2.22 bits per heavy atom. The van der Waals surface area contributed by atoms with Crippen LogP contribution in [0.4, 0.5) is 4.39 Å². The lowest BCUT2D eigenvalue weighted by molar-refractivity contribution is 0.324. The molecular weight excluding hydrogens is 471 g/mol. The van der Waals surface area contributed by atoms with E-state index in [0.717, 1.165) is 11.3 Å². The summed E-state index contributed by atoms with van der Waals surface area (Å²) < 4.78 is 32.2. The van der Waals surface area contributed by atoms with Crippen LogP contribution in [-0.2, 0) is 6.54 Å². The first-order valence-corrected chi connectivity index (χ1v) is 11.8. The molecule has 8 heteroatoms. The molecule has 0 amide bonds. The number of methoxy groups -OCH3 is 3. The fourth-order valence-corrected chi connectivity index (χ4v) is 4.12. The maximum Gasteiger partial charge on any atom is 0.203 e. The highest BCUT2D eigenvalue weighted by atomic mass is 19.1. The summed E-state index contributed by atoms with van der Waals surface area (Å²) in [5.41, 5.74) is 3.95. The van der Waals surface area contributed by atoms with Crippen LogP contribution in [0.5, 0.6) is 17.2 Å². The molecule has 0 radical (unpaired) electrons. The van der Waals surface area contributed by atoms with E-state index in [0.29, 0.717) is 52.0 Å². The Morgan fingerprint density at radius 2 is 1.65 bits per heavy atom. The monoisotopic (exact) mass is 500 g/mol. The van der Waals surface area contributed by atoms with Crippen LogP contribution in [0.1, 0.15) is 25.1 Å². The van der Waals surface area contributed by atoms with Gasteiger partial charge in [0.1, 0.15) is 17.4 Å². The number of nitrogens with one attached hydrogen (secondary N) is 1. The molecule has 2 heterocycles. The van der Waals surface area contributed by atoms with Crippen molar-refractivity contribution in [2.24, 2.45) is 0 Å². The number of nitriles is 1. The molecule has 0 aliphatic heterocycles. The first-order chi connectivity index (χ1) is 17.9. The number of ether oxygens (including phenoxy) is 3. The summed E-state index contributed by atoms with van der Waals surface area (Å²) in [4.78, 5) is 4.88. The second kappa shape index (κ2) is 11.1. The van der Waals surface area contributed by atoms with E-state index in [1.807, 2.05) is 29.0 Å². The van der Waals surface area contributed by atoms with Gasteiger partial charge in [-0.25, -0.2) is 9.37 Å².